The smallest absolute Gasteiger partial charge is 0.136 e. The molecule has 51 heavy (non-hydrogen) atoms. The van der Waals surface area contributed by atoms with Crippen molar-refractivity contribution in [2.24, 2.45) is 0 Å². The van der Waals surface area contributed by atoms with Crippen LogP contribution in [0.3, 0.4) is 0 Å². The molecule has 0 bridgehead atoms. The molecule has 1 nitrogen and oxygen atoms in total. The van der Waals surface area contributed by atoms with E-state index in [9.17, 15) is 5.48 Å². The van der Waals surface area contributed by atoms with Crippen LogP contribution in [-0.4, -0.2) is 0 Å². The number of hydrogen-bond acceptors (Lipinski definition) is 1. The van der Waals surface area contributed by atoms with E-state index in [1.807, 2.05) is 140 Å². The molecular formula is C50H32O. The van der Waals surface area contributed by atoms with Crippen molar-refractivity contribution < 1.29 is 15.4 Å². The Morgan fingerprint density at radius 1 is 0.333 bits per heavy atom. The van der Waals surface area contributed by atoms with E-state index >= 15 is 0 Å². The molecule has 0 N–H and O–H groups in total. The third-order valence-electron chi connectivity index (χ3n) is 9.67. The van der Waals surface area contributed by atoms with Crippen LogP contribution in [0.15, 0.2) is 198 Å². The maximum absolute atomic E-state index is 9.67. The highest BCUT2D eigenvalue weighted by Crippen LogP contribution is 2.49. The van der Waals surface area contributed by atoms with E-state index in [2.05, 4.69) is 6.07 Å². The van der Waals surface area contributed by atoms with E-state index in [1.54, 1.807) is 0 Å². The third kappa shape index (κ3) is 4.94. The second kappa shape index (κ2) is 12.0. The Balaban J connectivity index is 1.48. The lowest BCUT2D eigenvalue weighted by atomic mass is 9.83. The third-order valence-corrected chi connectivity index (χ3v) is 9.67. The van der Waals surface area contributed by atoms with Gasteiger partial charge in [-0.05, 0) is 114 Å². The van der Waals surface area contributed by atoms with E-state index < -0.39 is 24.2 Å². The second-order valence-corrected chi connectivity index (χ2v) is 12.6. The molecule has 238 valence electrons. The first-order chi connectivity index (χ1) is 28.6. The van der Waals surface area contributed by atoms with E-state index in [0.717, 1.165) is 38.8 Å². The van der Waals surface area contributed by atoms with Gasteiger partial charge in [0.05, 0.1) is 11.0 Å². The zero-order valence-corrected chi connectivity index (χ0v) is 27.3. The van der Waals surface area contributed by atoms with Gasteiger partial charge in [-0.3, -0.25) is 0 Å². The summed E-state index contributed by atoms with van der Waals surface area (Å²) in [6.07, 6.45) is 0. The lowest BCUT2D eigenvalue weighted by molar-refractivity contribution is 0.669. The fourth-order valence-corrected chi connectivity index (χ4v) is 7.40. The zero-order chi connectivity index (χ0) is 40.7. The van der Waals surface area contributed by atoms with Crippen LogP contribution in [-0.2, 0) is 0 Å². The molecule has 0 saturated carbocycles. The van der Waals surface area contributed by atoms with E-state index in [0.29, 0.717) is 33.2 Å². The van der Waals surface area contributed by atoms with Crippen LogP contribution in [0.25, 0.3) is 99.1 Å². The van der Waals surface area contributed by atoms with Gasteiger partial charge in [0.2, 0.25) is 0 Å². The molecule has 0 atom stereocenters. The fraction of sp³-hybridized carbons (Fsp3) is 0. The average molecular weight is 657 g/mol. The first-order valence-electron chi connectivity index (χ1n) is 20.9. The van der Waals surface area contributed by atoms with E-state index in [1.165, 1.54) is 0 Å². The molecule has 0 fully saturated rings. The summed E-state index contributed by atoms with van der Waals surface area (Å²) < 4.78 is 81.3. The predicted octanol–water partition coefficient (Wildman–Crippen LogP) is 14.2. The van der Waals surface area contributed by atoms with Gasteiger partial charge in [-0.2, -0.15) is 0 Å². The standard InChI is InChI=1S/C50H32O/c1-4-16-33(17-5-1)36-28-37(34-18-6-2-7-19-34)30-39(29-36)48-40-22-10-12-24-42(40)49(43-25-13-11-23-41(43)48)45-31-38(35-20-8-3-9-21-35)32-47-50(45)44-26-14-15-27-46(44)51-47/h1-32H/i10D,11D,12D,13D,22D,23D,24D,25D. The van der Waals surface area contributed by atoms with Crippen LogP contribution in [0.4, 0.5) is 0 Å². The molecule has 9 aromatic carbocycles. The lowest BCUT2D eigenvalue weighted by Crippen LogP contribution is -1.93. The van der Waals surface area contributed by atoms with Gasteiger partial charge in [0.15, 0.2) is 0 Å². The molecule has 0 aliphatic carbocycles. The lowest BCUT2D eigenvalue weighted by Gasteiger charge is -2.20. The van der Waals surface area contributed by atoms with Crippen LogP contribution in [0.5, 0.6) is 0 Å². The van der Waals surface area contributed by atoms with Crippen molar-refractivity contribution in [3.8, 4) is 55.6 Å². The summed E-state index contributed by atoms with van der Waals surface area (Å²) in [7, 11) is 0. The SMILES string of the molecule is [2H]c1c([2H])c([2H])c2c(-c3cc(-c4ccccc4)cc4oc5ccccc5c34)c3c([2H])c([2H])c([2H])c([2H])c3c(-c3cc(-c4ccccc4)cc(-c4ccccc4)c3)c2c1[2H]. The van der Waals surface area contributed by atoms with Crippen LogP contribution in [0, 0.1) is 0 Å². The largest absolute Gasteiger partial charge is 0.456 e. The normalized spacial score (nSPS) is 13.7. The first-order valence-corrected chi connectivity index (χ1v) is 16.9. The predicted molar refractivity (Wildman–Crippen MR) is 216 cm³/mol. The Bertz CT molecular complexity index is 3200. The van der Waals surface area contributed by atoms with Gasteiger partial charge in [-0.1, -0.05) is 158 Å². The van der Waals surface area contributed by atoms with Gasteiger partial charge < -0.3 is 4.42 Å². The van der Waals surface area contributed by atoms with Crippen LogP contribution < -0.4 is 0 Å². The van der Waals surface area contributed by atoms with Gasteiger partial charge in [-0.25, -0.2) is 0 Å². The summed E-state index contributed by atoms with van der Waals surface area (Å²) in [5.41, 5.74) is 7.87. The Morgan fingerprint density at radius 2 is 0.765 bits per heavy atom. The summed E-state index contributed by atoms with van der Waals surface area (Å²) in [6.45, 7) is 0. The molecule has 10 rings (SSSR count). The molecule has 0 aliphatic rings. The monoisotopic (exact) mass is 656 g/mol. The molecule has 1 heterocycles. The molecule has 10 aromatic rings. The van der Waals surface area contributed by atoms with E-state index in [4.69, 9.17) is 9.90 Å². The molecular weight excluding hydrogens is 617 g/mol. The minimum absolute atomic E-state index is 0.145. The van der Waals surface area contributed by atoms with Gasteiger partial charge in [0.25, 0.3) is 0 Å². The number of furan rings is 1. The molecule has 1 aromatic heterocycles. The Labute approximate surface area is 307 Å². The Hall–Kier alpha value is -6.70. The quantitative estimate of drug-likeness (QED) is 0.168. The van der Waals surface area contributed by atoms with Crippen LogP contribution in [0.2, 0.25) is 0 Å². The van der Waals surface area contributed by atoms with Crippen molar-refractivity contribution in [1.29, 1.82) is 0 Å². The Morgan fingerprint density at radius 3 is 1.29 bits per heavy atom. The number of rotatable bonds is 5. The number of para-hydroxylation sites is 1. The van der Waals surface area contributed by atoms with Crippen molar-refractivity contribution in [3.05, 3.63) is 194 Å². The maximum atomic E-state index is 9.67. The van der Waals surface area contributed by atoms with Gasteiger partial charge >= 0.3 is 0 Å². The van der Waals surface area contributed by atoms with Crippen molar-refractivity contribution in [2.75, 3.05) is 0 Å². The Kier molecular flexibility index (Phi) is 5.21. The van der Waals surface area contributed by atoms with Gasteiger partial charge in [-0.15, -0.1) is 0 Å². The van der Waals surface area contributed by atoms with E-state index in [-0.39, 0.29) is 51.3 Å². The molecule has 0 unspecified atom stereocenters. The highest BCUT2D eigenvalue weighted by Gasteiger charge is 2.22. The highest BCUT2D eigenvalue weighted by atomic mass is 16.3. The summed E-state index contributed by atoms with van der Waals surface area (Å²) in [5, 5.41) is 2.01. The summed E-state index contributed by atoms with van der Waals surface area (Å²) >= 11 is 0. The number of fused-ring (bicyclic) bond motifs is 5. The molecule has 1 heteroatoms. The van der Waals surface area contributed by atoms with Gasteiger partial charge in [0, 0.05) is 10.8 Å². The molecule has 0 radical (unpaired) electrons. The van der Waals surface area contributed by atoms with Crippen molar-refractivity contribution in [2.45, 2.75) is 0 Å². The summed E-state index contributed by atoms with van der Waals surface area (Å²) in [4.78, 5) is 0. The second-order valence-electron chi connectivity index (χ2n) is 12.6. The molecule has 0 aliphatic heterocycles. The topological polar surface area (TPSA) is 13.1 Å². The fourth-order valence-electron chi connectivity index (χ4n) is 7.40. The van der Waals surface area contributed by atoms with Gasteiger partial charge in [0.1, 0.15) is 11.2 Å². The number of hydrogen-bond donors (Lipinski definition) is 0. The zero-order valence-electron chi connectivity index (χ0n) is 35.3. The van der Waals surface area contributed by atoms with Crippen molar-refractivity contribution >= 4 is 43.5 Å². The minimum Gasteiger partial charge on any atom is -0.456 e. The van der Waals surface area contributed by atoms with Crippen molar-refractivity contribution in [3.63, 3.8) is 0 Å². The summed E-state index contributed by atoms with van der Waals surface area (Å²) in [6, 6.07) is 43.7. The molecule has 0 amide bonds. The molecule has 0 spiro atoms. The van der Waals surface area contributed by atoms with Crippen LogP contribution in [0.1, 0.15) is 11.0 Å². The average Bonchev–Trinajstić information content (AvgIpc) is 3.67. The van der Waals surface area contributed by atoms with Crippen molar-refractivity contribution in [1.82, 2.24) is 0 Å². The minimum atomic E-state index is -0.453. The summed E-state index contributed by atoms with van der Waals surface area (Å²) in [5.74, 6) is 0. The highest BCUT2D eigenvalue weighted by molar-refractivity contribution is 6.26. The maximum Gasteiger partial charge on any atom is 0.136 e. The number of benzene rings is 9. The molecule has 0 saturated heterocycles. The van der Waals surface area contributed by atoms with Crippen LogP contribution >= 0.6 is 0 Å². The first kappa shape index (κ1) is 22.1.